The number of rotatable bonds is 2. The van der Waals surface area contributed by atoms with Crippen molar-refractivity contribution in [2.45, 2.75) is 18.5 Å². The summed E-state index contributed by atoms with van der Waals surface area (Å²) in [7, 11) is 0. The number of ether oxygens (including phenoxy) is 1. The normalized spacial score (nSPS) is 25.4. The van der Waals surface area contributed by atoms with Crippen molar-refractivity contribution < 1.29 is 19.4 Å². The third kappa shape index (κ3) is 1.83. The number of amides is 1. The van der Waals surface area contributed by atoms with E-state index in [1.54, 1.807) is 6.08 Å². The Morgan fingerprint density at radius 2 is 2.43 bits per heavy atom. The van der Waals surface area contributed by atoms with E-state index in [1.165, 1.54) is 22.1 Å². The van der Waals surface area contributed by atoms with Crippen molar-refractivity contribution in [3.8, 4) is 0 Å². The topological polar surface area (TPSA) is 84.7 Å². The summed E-state index contributed by atoms with van der Waals surface area (Å²) < 4.78 is 7.23. The predicted molar refractivity (Wildman–Crippen MR) is 73.8 cm³/mol. The summed E-state index contributed by atoms with van der Waals surface area (Å²) in [5.74, 6) is -1.34. The van der Waals surface area contributed by atoms with Crippen molar-refractivity contribution in [1.29, 1.82) is 0 Å². The number of fused-ring (bicyclic) bond motifs is 2. The summed E-state index contributed by atoms with van der Waals surface area (Å²) in [5, 5.41) is 14.7. The summed E-state index contributed by atoms with van der Waals surface area (Å²) in [6.07, 6.45) is 1.74. The van der Waals surface area contributed by atoms with Gasteiger partial charge in [0, 0.05) is 5.41 Å². The second-order valence-corrected chi connectivity index (χ2v) is 5.86. The van der Waals surface area contributed by atoms with Gasteiger partial charge in [0.2, 0.25) is 0 Å². The van der Waals surface area contributed by atoms with Crippen LogP contribution in [0.4, 0.5) is 0 Å². The molecule has 0 saturated carbocycles. The van der Waals surface area contributed by atoms with Gasteiger partial charge in [0.1, 0.15) is 11.1 Å². The number of carboxylic acids is 1. The fourth-order valence-corrected chi connectivity index (χ4v) is 3.73. The maximum Gasteiger partial charge on any atom is 0.353 e. The lowest BCUT2D eigenvalue weighted by Gasteiger charge is -2.36. The summed E-state index contributed by atoms with van der Waals surface area (Å²) in [6.45, 7) is 1.88. The fraction of sp³-hybridized carbons (Fsp3) is 0.308. The van der Waals surface area contributed by atoms with Gasteiger partial charge in [0.15, 0.2) is 0 Å². The van der Waals surface area contributed by atoms with Gasteiger partial charge in [0.25, 0.3) is 5.91 Å². The molecule has 0 unspecified atom stereocenters. The number of thioether (sulfide) groups is 1. The second kappa shape index (κ2) is 4.47. The Balaban J connectivity index is 1.60. The molecule has 1 amide bonds. The van der Waals surface area contributed by atoms with Gasteiger partial charge in [0.05, 0.1) is 36.7 Å². The van der Waals surface area contributed by atoms with E-state index in [4.69, 9.17) is 9.84 Å². The monoisotopic (exact) mass is 305 g/mol. The molecule has 1 aromatic rings. The van der Waals surface area contributed by atoms with Gasteiger partial charge < -0.3 is 9.84 Å². The molecule has 0 radical (unpaired) electrons. The van der Waals surface area contributed by atoms with Crippen LogP contribution in [0.1, 0.15) is 11.4 Å². The van der Waals surface area contributed by atoms with E-state index >= 15 is 0 Å². The molecule has 1 saturated heterocycles. The predicted octanol–water partition coefficient (Wildman–Crippen LogP) is 0.638. The molecule has 0 aromatic carbocycles. The molecule has 1 N–H and O–H groups in total. The van der Waals surface area contributed by atoms with Gasteiger partial charge in [-0.25, -0.2) is 4.79 Å². The number of carboxylic acid groups (broad SMARTS) is 1. The first-order valence-corrected chi connectivity index (χ1v) is 7.38. The molecule has 108 valence electrons. The number of hydrogen-bond donors (Lipinski definition) is 1. The van der Waals surface area contributed by atoms with Crippen LogP contribution in [0.25, 0.3) is 6.08 Å². The van der Waals surface area contributed by atoms with E-state index in [9.17, 15) is 9.59 Å². The van der Waals surface area contributed by atoms with Gasteiger partial charge >= 0.3 is 5.97 Å². The number of aliphatic carboxylic acids is 1. The van der Waals surface area contributed by atoms with Gasteiger partial charge in [-0.3, -0.25) is 14.4 Å². The molecule has 0 aliphatic carbocycles. The Bertz CT molecular complexity index is 697. The standard InChI is InChI=1S/C13H11N3O4S/c17-11-9(12-16(11)10(6-21-12)13(18)19)4-7-3-8-5-20-2-1-15(8)14-7/h3-4,6,12H,1-2,5H2,(H,18,19)/b9-4-/t12-/m1/s1. The molecule has 3 aliphatic rings. The van der Waals surface area contributed by atoms with Gasteiger partial charge in [-0.05, 0) is 12.1 Å². The van der Waals surface area contributed by atoms with Crippen molar-refractivity contribution >= 4 is 29.7 Å². The van der Waals surface area contributed by atoms with Crippen LogP contribution in [0.3, 0.4) is 0 Å². The third-order valence-corrected chi connectivity index (χ3v) is 4.72. The van der Waals surface area contributed by atoms with Crippen molar-refractivity contribution in [3.63, 3.8) is 0 Å². The molecule has 1 atom stereocenters. The van der Waals surface area contributed by atoms with Crippen molar-refractivity contribution in [1.82, 2.24) is 14.7 Å². The van der Waals surface area contributed by atoms with Gasteiger partial charge in [-0.15, -0.1) is 11.8 Å². The van der Waals surface area contributed by atoms with Crippen molar-refractivity contribution in [2.24, 2.45) is 0 Å². The highest BCUT2D eigenvalue weighted by Crippen LogP contribution is 2.45. The zero-order valence-electron chi connectivity index (χ0n) is 10.9. The first-order chi connectivity index (χ1) is 10.1. The lowest BCUT2D eigenvalue weighted by molar-refractivity contribution is -0.141. The van der Waals surface area contributed by atoms with Gasteiger partial charge in [-0.1, -0.05) is 0 Å². The number of aromatic nitrogens is 2. The Labute approximate surface area is 123 Å². The Morgan fingerprint density at radius 1 is 1.57 bits per heavy atom. The lowest BCUT2D eigenvalue weighted by atomic mass is 10.0. The zero-order valence-corrected chi connectivity index (χ0v) is 11.7. The second-order valence-electron chi connectivity index (χ2n) is 4.91. The zero-order chi connectivity index (χ0) is 14.6. The van der Waals surface area contributed by atoms with E-state index in [2.05, 4.69) is 5.10 Å². The minimum atomic E-state index is -1.08. The van der Waals surface area contributed by atoms with Crippen LogP contribution in [-0.2, 0) is 27.5 Å². The SMILES string of the molecule is O=C(O)C1=CS[C@@H]2/C(=C\c3cc4n(n3)CCOC4)C(=O)N12. The Hall–Kier alpha value is -2.06. The number of β-lactam (4-membered cyclic amide) rings is 1. The molecule has 4 heterocycles. The van der Waals surface area contributed by atoms with Crippen LogP contribution < -0.4 is 0 Å². The lowest BCUT2D eigenvalue weighted by Crippen LogP contribution is -2.51. The number of hydrogen-bond acceptors (Lipinski definition) is 5. The Morgan fingerprint density at radius 3 is 3.19 bits per heavy atom. The highest BCUT2D eigenvalue weighted by molar-refractivity contribution is 8.03. The molecule has 3 aliphatic heterocycles. The van der Waals surface area contributed by atoms with E-state index in [0.717, 1.165) is 5.69 Å². The smallest absolute Gasteiger partial charge is 0.353 e. The fourth-order valence-electron chi connectivity index (χ4n) is 2.61. The average Bonchev–Trinajstić information content (AvgIpc) is 3.05. The van der Waals surface area contributed by atoms with Crippen LogP contribution in [0.2, 0.25) is 0 Å². The average molecular weight is 305 g/mol. The van der Waals surface area contributed by atoms with Crippen LogP contribution in [0, 0.1) is 0 Å². The summed E-state index contributed by atoms with van der Waals surface area (Å²) >= 11 is 1.33. The number of carbonyl (C=O) groups excluding carboxylic acids is 1. The highest BCUT2D eigenvalue weighted by Gasteiger charge is 2.49. The van der Waals surface area contributed by atoms with E-state index in [1.807, 2.05) is 10.7 Å². The molecular formula is C13H11N3O4S. The molecule has 7 nitrogen and oxygen atoms in total. The molecule has 1 aromatic heterocycles. The van der Waals surface area contributed by atoms with Crippen LogP contribution in [0.5, 0.6) is 0 Å². The minimum absolute atomic E-state index is 0.0460. The van der Waals surface area contributed by atoms with Crippen LogP contribution in [-0.4, -0.2) is 43.6 Å². The maximum absolute atomic E-state index is 12.1. The molecule has 0 spiro atoms. The summed E-state index contributed by atoms with van der Waals surface area (Å²) in [4.78, 5) is 24.4. The molecule has 4 rings (SSSR count). The summed E-state index contributed by atoms with van der Waals surface area (Å²) in [5.41, 5.74) is 2.33. The Kier molecular flexibility index (Phi) is 2.69. The van der Waals surface area contributed by atoms with Crippen LogP contribution in [0.15, 0.2) is 22.7 Å². The molecular weight excluding hydrogens is 294 g/mol. The van der Waals surface area contributed by atoms with E-state index < -0.39 is 5.97 Å². The molecule has 21 heavy (non-hydrogen) atoms. The van der Waals surface area contributed by atoms with Crippen molar-refractivity contribution in [2.75, 3.05) is 6.61 Å². The maximum atomic E-state index is 12.1. The molecule has 1 fully saturated rings. The molecule has 0 bridgehead atoms. The number of carbonyl (C=O) groups is 2. The third-order valence-electron chi connectivity index (χ3n) is 3.64. The quantitative estimate of drug-likeness (QED) is 0.637. The largest absolute Gasteiger partial charge is 0.477 e. The van der Waals surface area contributed by atoms with Crippen LogP contribution >= 0.6 is 11.8 Å². The van der Waals surface area contributed by atoms with E-state index in [-0.39, 0.29) is 17.0 Å². The molecule has 8 heteroatoms. The van der Waals surface area contributed by atoms with Gasteiger partial charge in [-0.2, -0.15) is 5.10 Å². The summed E-state index contributed by atoms with van der Waals surface area (Å²) in [6, 6.07) is 1.90. The first kappa shape index (κ1) is 12.7. The first-order valence-electron chi connectivity index (χ1n) is 6.44. The van der Waals surface area contributed by atoms with E-state index in [0.29, 0.717) is 31.0 Å². The number of nitrogens with zero attached hydrogens (tertiary/aromatic N) is 3. The minimum Gasteiger partial charge on any atom is -0.477 e. The highest BCUT2D eigenvalue weighted by atomic mass is 32.2. The van der Waals surface area contributed by atoms with Crippen molar-refractivity contribution in [3.05, 3.63) is 34.1 Å².